The molecule has 138 valence electrons. The van der Waals surface area contributed by atoms with Crippen LogP contribution in [0, 0.1) is 0 Å². The number of nitrogens with one attached hydrogen (secondary N) is 1. The van der Waals surface area contributed by atoms with Gasteiger partial charge in [0.1, 0.15) is 6.04 Å². The lowest BCUT2D eigenvalue weighted by Crippen LogP contribution is -2.46. The van der Waals surface area contributed by atoms with Crippen LogP contribution in [0.2, 0.25) is 5.02 Å². The number of halogens is 4. The molecule has 1 aliphatic heterocycles. The molecule has 2 aliphatic rings. The predicted octanol–water partition coefficient (Wildman–Crippen LogP) is 2.79. The van der Waals surface area contributed by atoms with Crippen molar-refractivity contribution in [3.63, 3.8) is 0 Å². The van der Waals surface area contributed by atoms with Gasteiger partial charge >= 0.3 is 6.18 Å². The summed E-state index contributed by atoms with van der Waals surface area (Å²) in [6, 6.07) is 1.58. The van der Waals surface area contributed by atoms with Crippen molar-refractivity contribution in [3.05, 3.63) is 28.8 Å². The highest BCUT2D eigenvalue weighted by molar-refractivity contribution is 7.89. The summed E-state index contributed by atoms with van der Waals surface area (Å²) in [5.41, 5.74) is -1.33. The molecule has 1 heterocycles. The molecule has 0 bridgehead atoms. The van der Waals surface area contributed by atoms with Crippen LogP contribution in [0.4, 0.5) is 13.2 Å². The molecule has 0 unspecified atom stereocenters. The lowest BCUT2D eigenvalue weighted by molar-refractivity contribution is -0.139. The Hall–Kier alpha value is -1.32. The van der Waals surface area contributed by atoms with E-state index in [1.165, 1.54) is 0 Å². The summed E-state index contributed by atoms with van der Waals surface area (Å²) < 4.78 is 66.3. The molecule has 25 heavy (non-hydrogen) atoms. The quantitative estimate of drug-likeness (QED) is 0.851. The molecule has 0 aromatic heterocycles. The second-order valence-corrected chi connectivity index (χ2v) is 8.49. The molecular weight excluding hydrogens is 381 g/mol. The number of nitrogens with zero attached hydrogens (tertiary/aromatic N) is 1. The van der Waals surface area contributed by atoms with Gasteiger partial charge in [-0.05, 0) is 43.9 Å². The molecule has 1 saturated heterocycles. The van der Waals surface area contributed by atoms with Gasteiger partial charge in [0.25, 0.3) is 0 Å². The van der Waals surface area contributed by atoms with E-state index in [2.05, 4.69) is 5.32 Å². The summed E-state index contributed by atoms with van der Waals surface area (Å²) in [7, 11) is -4.48. The van der Waals surface area contributed by atoms with Gasteiger partial charge in [-0.15, -0.1) is 0 Å². The van der Waals surface area contributed by atoms with E-state index in [1.54, 1.807) is 0 Å². The first-order valence-electron chi connectivity index (χ1n) is 7.79. The topological polar surface area (TPSA) is 66.5 Å². The summed E-state index contributed by atoms with van der Waals surface area (Å²) in [5, 5.41) is 2.50. The molecule has 1 aromatic carbocycles. The van der Waals surface area contributed by atoms with Crippen LogP contribution in [0.15, 0.2) is 23.1 Å². The van der Waals surface area contributed by atoms with Gasteiger partial charge in [-0.25, -0.2) is 8.42 Å². The number of carbonyl (C=O) groups excluding carboxylic acids is 1. The zero-order chi connectivity index (χ0) is 18.4. The number of carbonyl (C=O) groups is 1. The fraction of sp³-hybridized carbons (Fsp3) is 0.533. The van der Waals surface area contributed by atoms with E-state index in [4.69, 9.17) is 11.6 Å². The second kappa shape index (κ2) is 6.44. The van der Waals surface area contributed by atoms with E-state index in [-0.39, 0.29) is 24.0 Å². The van der Waals surface area contributed by atoms with E-state index in [0.717, 1.165) is 29.3 Å². The molecule has 1 amide bonds. The lowest BCUT2D eigenvalue weighted by atomic mass is 10.2. The molecular formula is C15H16ClF3N2O3S. The highest BCUT2D eigenvalue weighted by Gasteiger charge is 2.44. The number of benzene rings is 1. The smallest absolute Gasteiger partial charge is 0.352 e. The number of rotatable bonds is 4. The van der Waals surface area contributed by atoms with Crippen molar-refractivity contribution >= 4 is 27.5 Å². The molecule has 5 nitrogen and oxygen atoms in total. The number of amides is 1. The van der Waals surface area contributed by atoms with Gasteiger partial charge in [0.15, 0.2) is 0 Å². The summed E-state index contributed by atoms with van der Waals surface area (Å²) in [6.45, 7) is 0.00497. The molecule has 0 radical (unpaired) electrons. The molecule has 1 N–H and O–H groups in total. The molecule has 2 fully saturated rings. The van der Waals surface area contributed by atoms with Gasteiger partial charge < -0.3 is 5.32 Å². The normalized spacial score (nSPS) is 22.2. The van der Waals surface area contributed by atoms with E-state index >= 15 is 0 Å². The fourth-order valence-electron chi connectivity index (χ4n) is 2.89. The average molecular weight is 397 g/mol. The molecule has 3 rings (SSSR count). The molecule has 1 atom stereocenters. The highest BCUT2D eigenvalue weighted by Crippen LogP contribution is 2.38. The predicted molar refractivity (Wildman–Crippen MR) is 84.5 cm³/mol. The maximum atomic E-state index is 13.3. The summed E-state index contributed by atoms with van der Waals surface area (Å²) in [5.74, 6) is -0.453. The van der Waals surface area contributed by atoms with Gasteiger partial charge in [-0.3, -0.25) is 4.79 Å². The minimum absolute atomic E-state index is 0.00497. The van der Waals surface area contributed by atoms with Crippen LogP contribution in [0.25, 0.3) is 0 Å². The van der Waals surface area contributed by atoms with Gasteiger partial charge in [0.2, 0.25) is 15.9 Å². The van der Waals surface area contributed by atoms with Gasteiger partial charge in [-0.1, -0.05) is 11.6 Å². The van der Waals surface area contributed by atoms with Crippen LogP contribution in [0.1, 0.15) is 31.2 Å². The van der Waals surface area contributed by atoms with Crippen molar-refractivity contribution in [2.75, 3.05) is 6.54 Å². The number of alkyl halides is 3. The van der Waals surface area contributed by atoms with E-state index in [0.29, 0.717) is 12.5 Å². The first kappa shape index (κ1) is 18.5. The van der Waals surface area contributed by atoms with Crippen molar-refractivity contribution in [2.24, 2.45) is 0 Å². The SMILES string of the molecule is O=C(NC1CC1)[C@H]1CCCN1S(=O)(=O)c1ccc(Cl)cc1C(F)(F)F. The van der Waals surface area contributed by atoms with Gasteiger partial charge in [0.05, 0.1) is 10.5 Å². The van der Waals surface area contributed by atoms with Gasteiger partial charge in [-0.2, -0.15) is 17.5 Å². The van der Waals surface area contributed by atoms with Crippen molar-refractivity contribution < 1.29 is 26.4 Å². The Kier molecular flexibility index (Phi) is 4.76. The Morgan fingerprint density at radius 1 is 1.24 bits per heavy atom. The monoisotopic (exact) mass is 396 g/mol. The molecule has 1 aromatic rings. The van der Waals surface area contributed by atoms with E-state index in [9.17, 15) is 26.4 Å². The van der Waals surface area contributed by atoms with Crippen LogP contribution < -0.4 is 5.32 Å². The Labute approximate surface area is 148 Å². The number of hydrogen-bond acceptors (Lipinski definition) is 3. The zero-order valence-electron chi connectivity index (χ0n) is 13.0. The van der Waals surface area contributed by atoms with Crippen molar-refractivity contribution in [1.82, 2.24) is 9.62 Å². The number of hydrogen-bond donors (Lipinski definition) is 1. The van der Waals surface area contributed by atoms with Crippen LogP contribution in [-0.4, -0.2) is 37.3 Å². The zero-order valence-corrected chi connectivity index (χ0v) is 14.6. The molecule has 1 saturated carbocycles. The molecule has 10 heteroatoms. The molecule has 1 aliphatic carbocycles. The summed E-state index contributed by atoms with van der Waals surface area (Å²) in [4.78, 5) is 11.4. The van der Waals surface area contributed by atoms with Crippen molar-refractivity contribution in [2.45, 2.75) is 48.8 Å². The molecule has 0 spiro atoms. The Morgan fingerprint density at radius 2 is 1.92 bits per heavy atom. The Balaban J connectivity index is 1.97. The third kappa shape index (κ3) is 3.78. The Morgan fingerprint density at radius 3 is 2.52 bits per heavy atom. The fourth-order valence-corrected chi connectivity index (χ4v) is 4.91. The maximum absolute atomic E-state index is 13.3. The summed E-state index contributed by atoms with van der Waals surface area (Å²) >= 11 is 5.60. The third-order valence-electron chi connectivity index (χ3n) is 4.26. The third-order valence-corrected chi connectivity index (χ3v) is 6.47. The van der Waals surface area contributed by atoms with Crippen LogP contribution in [0.3, 0.4) is 0 Å². The average Bonchev–Trinajstić information content (AvgIpc) is 3.17. The standard InChI is InChI=1S/C15H16ClF3N2O3S/c16-9-3-6-13(11(8-9)15(17,18)19)25(23,24)21-7-1-2-12(21)14(22)20-10-4-5-10/h3,6,8,10,12H,1-2,4-5,7H2,(H,20,22)/t12-/m1/s1. The maximum Gasteiger partial charge on any atom is 0.417 e. The van der Waals surface area contributed by atoms with Crippen LogP contribution >= 0.6 is 11.6 Å². The van der Waals surface area contributed by atoms with Crippen LogP contribution in [-0.2, 0) is 21.0 Å². The van der Waals surface area contributed by atoms with E-state index in [1.807, 2.05) is 0 Å². The number of sulfonamides is 1. The first-order chi connectivity index (χ1) is 11.6. The Bertz CT molecular complexity index is 794. The van der Waals surface area contributed by atoms with Crippen molar-refractivity contribution in [3.8, 4) is 0 Å². The highest BCUT2D eigenvalue weighted by atomic mass is 35.5. The lowest BCUT2D eigenvalue weighted by Gasteiger charge is -2.25. The van der Waals surface area contributed by atoms with E-state index < -0.39 is 38.6 Å². The second-order valence-electron chi connectivity index (χ2n) is 6.19. The van der Waals surface area contributed by atoms with Crippen LogP contribution in [0.5, 0.6) is 0 Å². The van der Waals surface area contributed by atoms with Gasteiger partial charge in [0, 0.05) is 17.6 Å². The minimum atomic E-state index is -4.88. The van der Waals surface area contributed by atoms with Crippen molar-refractivity contribution in [1.29, 1.82) is 0 Å². The first-order valence-corrected chi connectivity index (χ1v) is 9.61. The largest absolute Gasteiger partial charge is 0.417 e. The minimum Gasteiger partial charge on any atom is -0.352 e. The summed E-state index contributed by atoms with van der Waals surface area (Å²) in [6.07, 6.45) is -2.51.